The molecule has 0 bridgehead atoms. The first kappa shape index (κ1) is 12.7. The highest BCUT2D eigenvalue weighted by molar-refractivity contribution is 5.87. The largest absolute Gasteiger partial charge is 0.477 e. The number of carboxylic acid groups (broad SMARTS) is 1. The van der Waals surface area contributed by atoms with Crippen LogP contribution in [0.4, 0.5) is 0 Å². The third-order valence-electron chi connectivity index (χ3n) is 3.51. The summed E-state index contributed by atoms with van der Waals surface area (Å²) in [6.45, 7) is 2.11. The van der Waals surface area contributed by atoms with E-state index >= 15 is 0 Å². The van der Waals surface area contributed by atoms with E-state index in [0.29, 0.717) is 0 Å². The zero-order valence-corrected chi connectivity index (χ0v) is 10.5. The summed E-state index contributed by atoms with van der Waals surface area (Å²) in [6, 6.07) is 3.13. The minimum Gasteiger partial charge on any atom is -0.477 e. The second-order valence-electron chi connectivity index (χ2n) is 5.14. The second kappa shape index (κ2) is 4.84. The third kappa shape index (κ3) is 2.72. The number of carbonyl (C=O) groups is 2. The van der Waals surface area contributed by atoms with Crippen molar-refractivity contribution < 1.29 is 14.7 Å². The van der Waals surface area contributed by atoms with Gasteiger partial charge in [-0.2, -0.15) is 0 Å². The van der Waals surface area contributed by atoms with Crippen LogP contribution >= 0.6 is 0 Å². The van der Waals surface area contributed by atoms with Crippen molar-refractivity contribution in [3.05, 3.63) is 24.0 Å². The Kier molecular flexibility index (Phi) is 3.41. The normalized spacial score (nSPS) is 17.6. The molecule has 0 saturated heterocycles. The maximum absolute atomic E-state index is 11.9. The van der Waals surface area contributed by atoms with Gasteiger partial charge in [0, 0.05) is 11.7 Å². The Labute approximate surface area is 106 Å². The van der Waals surface area contributed by atoms with Crippen LogP contribution in [0, 0.1) is 0 Å². The summed E-state index contributed by atoms with van der Waals surface area (Å²) in [5.41, 5.74) is 0.0230. The molecule has 0 aliphatic heterocycles. The lowest BCUT2D eigenvalue weighted by Crippen LogP contribution is -2.45. The summed E-state index contributed by atoms with van der Waals surface area (Å²) in [5.74, 6) is -1.14. The second-order valence-corrected chi connectivity index (χ2v) is 5.14. The lowest BCUT2D eigenvalue weighted by Gasteiger charge is -2.25. The fourth-order valence-corrected chi connectivity index (χ4v) is 2.56. The quantitative estimate of drug-likeness (QED) is 0.853. The smallest absolute Gasteiger partial charge is 0.352 e. The summed E-state index contributed by atoms with van der Waals surface area (Å²) in [7, 11) is 0. The average molecular weight is 250 g/mol. The van der Waals surface area contributed by atoms with Gasteiger partial charge in [-0.15, -0.1) is 0 Å². The zero-order valence-electron chi connectivity index (χ0n) is 10.5. The summed E-state index contributed by atoms with van der Waals surface area (Å²) in [4.78, 5) is 22.8. The van der Waals surface area contributed by atoms with Crippen molar-refractivity contribution in [1.29, 1.82) is 0 Å². The number of carboxylic acids is 1. The van der Waals surface area contributed by atoms with Crippen molar-refractivity contribution in [3.8, 4) is 0 Å². The van der Waals surface area contributed by atoms with Gasteiger partial charge < -0.3 is 15.0 Å². The van der Waals surface area contributed by atoms with Crippen LogP contribution in [-0.2, 0) is 11.3 Å². The highest BCUT2D eigenvalue weighted by Gasteiger charge is 2.30. The van der Waals surface area contributed by atoms with E-state index in [4.69, 9.17) is 5.11 Å². The van der Waals surface area contributed by atoms with Gasteiger partial charge in [-0.25, -0.2) is 4.79 Å². The number of hydrogen-bond acceptors (Lipinski definition) is 2. The van der Waals surface area contributed by atoms with Gasteiger partial charge in [0.25, 0.3) is 0 Å². The number of rotatable bonds is 4. The van der Waals surface area contributed by atoms with Gasteiger partial charge in [-0.05, 0) is 31.9 Å². The molecule has 0 spiro atoms. The number of aromatic carboxylic acids is 1. The van der Waals surface area contributed by atoms with Crippen LogP contribution in [0.1, 0.15) is 43.1 Å². The Hall–Kier alpha value is -1.78. The van der Waals surface area contributed by atoms with Gasteiger partial charge in [0.05, 0.1) is 0 Å². The Morgan fingerprint density at radius 3 is 2.72 bits per heavy atom. The number of aromatic nitrogens is 1. The summed E-state index contributed by atoms with van der Waals surface area (Å²) < 4.78 is 1.45. The predicted molar refractivity (Wildman–Crippen MR) is 66.4 cm³/mol. The van der Waals surface area contributed by atoms with E-state index < -0.39 is 5.97 Å². The van der Waals surface area contributed by atoms with E-state index in [1.807, 2.05) is 6.92 Å². The van der Waals surface area contributed by atoms with Crippen LogP contribution in [0.15, 0.2) is 18.3 Å². The molecular formula is C13H18N2O3. The summed E-state index contributed by atoms with van der Waals surface area (Å²) in [6.07, 6.45) is 5.88. The average Bonchev–Trinajstić information content (AvgIpc) is 2.87. The molecule has 1 aromatic rings. The minimum atomic E-state index is -1.01. The molecule has 98 valence electrons. The maximum atomic E-state index is 11.9. The molecule has 5 heteroatoms. The molecule has 2 rings (SSSR count). The fourth-order valence-electron chi connectivity index (χ4n) is 2.56. The molecule has 1 aromatic heterocycles. The van der Waals surface area contributed by atoms with E-state index in [2.05, 4.69) is 5.32 Å². The highest BCUT2D eigenvalue weighted by Crippen LogP contribution is 2.28. The summed E-state index contributed by atoms with van der Waals surface area (Å²) in [5, 5.41) is 12.0. The highest BCUT2D eigenvalue weighted by atomic mass is 16.4. The first-order valence-corrected chi connectivity index (χ1v) is 6.20. The number of nitrogens with one attached hydrogen (secondary N) is 1. The van der Waals surface area contributed by atoms with Crippen LogP contribution in [0.25, 0.3) is 0 Å². The van der Waals surface area contributed by atoms with Crippen LogP contribution in [0.2, 0.25) is 0 Å². The molecule has 1 amide bonds. The summed E-state index contributed by atoms with van der Waals surface area (Å²) >= 11 is 0. The molecule has 1 aliphatic carbocycles. The molecule has 1 saturated carbocycles. The van der Waals surface area contributed by atoms with Gasteiger partial charge >= 0.3 is 5.97 Å². The van der Waals surface area contributed by atoms with Crippen molar-refractivity contribution in [1.82, 2.24) is 9.88 Å². The Morgan fingerprint density at radius 2 is 2.11 bits per heavy atom. The van der Waals surface area contributed by atoms with Crippen molar-refractivity contribution in [3.63, 3.8) is 0 Å². The maximum Gasteiger partial charge on any atom is 0.352 e. The van der Waals surface area contributed by atoms with Crippen molar-refractivity contribution in [2.75, 3.05) is 0 Å². The molecule has 18 heavy (non-hydrogen) atoms. The Morgan fingerprint density at radius 1 is 1.44 bits per heavy atom. The SMILES string of the molecule is CC1(NC(=O)Cn2cccc2C(=O)O)CCCC1. The number of nitrogens with zero attached hydrogens (tertiary/aromatic N) is 1. The lowest BCUT2D eigenvalue weighted by atomic mass is 10.0. The van der Waals surface area contributed by atoms with Gasteiger partial charge in [-0.3, -0.25) is 4.79 Å². The van der Waals surface area contributed by atoms with Crippen molar-refractivity contribution in [2.45, 2.75) is 44.7 Å². The monoisotopic (exact) mass is 250 g/mol. The lowest BCUT2D eigenvalue weighted by molar-refractivity contribution is -0.123. The third-order valence-corrected chi connectivity index (χ3v) is 3.51. The molecule has 0 aromatic carbocycles. The van der Waals surface area contributed by atoms with Gasteiger partial charge in [0.2, 0.25) is 5.91 Å². The predicted octanol–water partition coefficient (Wildman–Crippen LogP) is 1.64. The Bertz CT molecular complexity index is 459. The van der Waals surface area contributed by atoms with Crippen molar-refractivity contribution in [2.24, 2.45) is 0 Å². The van der Waals surface area contributed by atoms with E-state index in [1.165, 1.54) is 10.6 Å². The first-order valence-electron chi connectivity index (χ1n) is 6.20. The molecule has 1 heterocycles. The number of hydrogen-bond donors (Lipinski definition) is 2. The molecule has 5 nitrogen and oxygen atoms in total. The molecule has 0 atom stereocenters. The number of amides is 1. The van der Waals surface area contributed by atoms with E-state index in [0.717, 1.165) is 25.7 Å². The van der Waals surface area contributed by atoms with E-state index in [-0.39, 0.29) is 23.7 Å². The molecule has 0 unspecified atom stereocenters. The molecule has 0 radical (unpaired) electrons. The Balaban J connectivity index is 1.99. The van der Waals surface area contributed by atoms with Crippen LogP contribution < -0.4 is 5.32 Å². The van der Waals surface area contributed by atoms with Gasteiger partial charge in [0.1, 0.15) is 12.2 Å². The van der Waals surface area contributed by atoms with Gasteiger partial charge in [-0.1, -0.05) is 12.8 Å². The van der Waals surface area contributed by atoms with E-state index in [9.17, 15) is 9.59 Å². The molecular weight excluding hydrogens is 232 g/mol. The van der Waals surface area contributed by atoms with E-state index in [1.54, 1.807) is 12.3 Å². The first-order chi connectivity index (χ1) is 8.50. The molecule has 1 aliphatic rings. The zero-order chi connectivity index (χ0) is 13.2. The minimum absolute atomic E-state index is 0.0597. The topological polar surface area (TPSA) is 71.3 Å². The molecule has 2 N–H and O–H groups in total. The van der Waals surface area contributed by atoms with Crippen LogP contribution in [0.5, 0.6) is 0 Å². The fraction of sp³-hybridized carbons (Fsp3) is 0.538. The molecule has 1 fully saturated rings. The van der Waals surface area contributed by atoms with Gasteiger partial charge in [0.15, 0.2) is 0 Å². The standard InChI is InChI=1S/C13H18N2O3/c1-13(6-2-3-7-13)14-11(16)9-15-8-4-5-10(15)12(17)18/h4-5,8H,2-3,6-7,9H2,1H3,(H,14,16)(H,17,18). The van der Waals surface area contributed by atoms with Crippen molar-refractivity contribution >= 4 is 11.9 Å². The van der Waals surface area contributed by atoms with Crippen LogP contribution in [0.3, 0.4) is 0 Å². The number of carbonyl (C=O) groups excluding carboxylic acids is 1. The van der Waals surface area contributed by atoms with Crippen LogP contribution in [-0.4, -0.2) is 27.1 Å².